The fourth-order valence-electron chi connectivity index (χ4n) is 5.40. The zero-order chi connectivity index (χ0) is 31.0. The van der Waals surface area contributed by atoms with Crippen LogP contribution in [0.4, 0.5) is 35.9 Å². The van der Waals surface area contributed by atoms with Gasteiger partial charge in [0.1, 0.15) is 24.4 Å². The first-order valence-corrected chi connectivity index (χ1v) is 13.2. The van der Waals surface area contributed by atoms with Crippen molar-refractivity contribution in [2.45, 2.75) is 56.2 Å². The number of alkyl carbamates (subject to hydrolysis) is 1. The lowest BCUT2D eigenvalue weighted by Gasteiger charge is -2.40. The van der Waals surface area contributed by atoms with Crippen LogP contribution in [0.1, 0.15) is 47.3 Å². The minimum absolute atomic E-state index is 0.0178. The lowest BCUT2D eigenvalue weighted by molar-refractivity contribution is -0.143. The molecule has 4 atom stereocenters. The largest absolute Gasteiger partial charge is 0.444 e. The van der Waals surface area contributed by atoms with Gasteiger partial charge in [0, 0.05) is 6.42 Å². The molecule has 0 spiro atoms. The van der Waals surface area contributed by atoms with Gasteiger partial charge < -0.3 is 14.2 Å². The van der Waals surface area contributed by atoms with Crippen molar-refractivity contribution in [2.75, 3.05) is 6.61 Å². The number of alkyl halides is 6. The number of amides is 2. The van der Waals surface area contributed by atoms with E-state index < -0.39 is 59.6 Å². The van der Waals surface area contributed by atoms with Crippen LogP contribution in [0.3, 0.4) is 0 Å². The molecule has 2 fully saturated rings. The molecular weight excluding hydrogens is 582 g/mol. The first kappa shape index (κ1) is 30.2. The molecule has 0 saturated carbocycles. The Morgan fingerprint density at radius 2 is 1.56 bits per heavy atom. The van der Waals surface area contributed by atoms with E-state index in [9.17, 15) is 35.9 Å². The first-order chi connectivity index (χ1) is 20.3. The van der Waals surface area contributed by atoms with E-state index in [-0.39, 0.29) is 31.3 Å². The average Bonchev–Trinajstić information content (AvgIpc) is 3.47. The van der Waals surface area contributed by atoms with Crippen LogP contribution >= 0.6 is 0 Å². The van der Waals surface area contributed by atoms with E-state index in [0.29, 0.717) is 23.3 Å². The van der Waals surface area contributed by atoms with E-state index in [4.69, 9.17) is 14.2 Å². The molecule has 0 radical (unpaired) electrons. The third-order valence-corrected chi connectivity index (χ3v) is 7.52. The number of carbonyl (C=O) groups is 2. The number of fused-ring (bicyclic) bond motifs is 1. The Bertz CT molecular complexity index is 1440. The van der Waals surface area contributed by atoms with Gasteiger partial charge in [0.2, 0.25) is 0 Å². The molecular formula is C30H26F6N2O5. The minimum Gasteiger partial charge on any atom is -0.444 e. The summed E-state index contributed by atoms with van der Waals surface area (Å²) >= 11 is 0. The van der Waals surface area contributed by atoms with Crippen LogP contribution in [0.2, 0.25) is 0 Å². The summed E-state index contributed by atoms with van der Waals surface area (Å²) in [6.45, 7) is 0.845. The predicted octanol–water partition coefficient (Wildman–Crippen LogP) is 7.17. The lowest BCUT2D eigenvalue weighted by Crippen LogP contribution is -2.55. The van der Waals surface area contributed by atoms with Crippen molar-refractivity contribution >= 4 is 12.2 Å². The summed E-state index contributed by atoms with van der Waals surface area (Å²) in [4.78, 5) is 27.0. The van der Waals surface area contributed by atoms with Crippen LogP contribution in [0.5, 0.6) is 0 Å². The van der Waals surface area contributed by atoms with Gasteiger partial charge in [-0.15, -0.1) is 0 Å². The molecule has 228 valence electrons. The van der Waals surface area contributed by atoms with Gasteiger partial charge in [0.05, 0.1) is 23.8 Å². The van der Waals surface area contributed by atoms with Gasteiger partial charge >= 0.3 is 24.5 Å². The highest BCUT2D eigenvalue weighted by atomic mass is 19.4. The summed E-state index contributed by atoms with van der Waals surface area (Å²) in [5.74, 6) is 0. The van der Waals surface area contributed by atoms with E-state index in [2.05, 4.69) is 5.32 Å². The highest BCUT2D eigenvalue weighted by molar-refractivity contribution is 5.75. The van der Waals surface area contributed by atoms with Gasteiger partial charge in [-0.05, 0) is 41.8 Å². The Morgan fingerprint density at radius 3 is 2.14 bits per heavy atom. The number of benzene rings is 3. The summed E-state index contributed by atoms with van der Waals surface area (Å²) in [7, 11) is 0. The molecule has 2 aliphatic rings. The van der Waals surface area contributed by atoms with Crippen molar-refractivity contribution in [3.05, 3.63) is 107 Å². The van der Waals surface area contributed by atoms with Crippen LogP contribution in [-0.4, -0.2) is 36.0 Å². The van der Waals surface area contributed by atoms with Crippen molar-refractivity contribution in [3.63, 3.8) is 0 Å². The Balaban J connectivity index is 1.49. The molecule has 43 heavy (non-hydrogen) atoms. The van der Waals surface area contributed by atoms with Gasteiger partial charge in [-0.1, -0.05) is 60.7 Å². The minimum atomic E-state index is -5.03. The quantitative estimate of drug-likeness (QED) is 0.288. The van der Waals surface area contributed by atoms with Crippen molar-refractivity contribution < 1.29 is 50.1 Å². The molecule has 2 heterocycles. The average molecular weight is 609 g/mol. The second-order valence-corrected chi connectivity index (χ2v) is 10.3. The topological polar surface area (TPSA) is 77.1 Å². The van der Waals surface area contributed by atoms with E-state index in [0.717, 1.165) is 0 Å². The molecule has 7 nitrogen and oxygen atoms in total. The predicted molar refractivity (Wildman–Crippen MR) is 139 cm³/mol. The fourth-order valence-corrected chi connectivity index (χ4v) is 5.40. The highest BCUT2D eigenvalue weighted by Gasteiger charge is 2.60. The van der Waals surface area contributed by atoms with Crippen molar-refractivity contribution in [1.82, 2.24) is 10.2 Å². The fraction of sp³-hybridized carbons (Fsp3) is 0.333. The summed E-state index contributed by atoms with van der Waals surface area (Å²) in [5.41, 5.74) is -3.44. The van der Waals surface area contributed by atoms with E-state index in [1.54, 1.807) is 60.7 Å². The van der Waals surface area contributed by atoms with Gasteiger partial charge in [0.25, 0.3) is 0 Å². The molecule has 3 aromatic rings. The van der Waals surface area contributed by atoms with Gasteiger partial charge in [0.15, 0.2) is 0 Å². The molecule has 0 aromatic heterocycles. The second kappa shape index (κ2) is 11.4. The number of likely N-dealkylation sites (tertiary alicyclic amines) is 1. The summed E-state index contributed by atoms with van der Waals surface area (Å²) in [6.07, 6.45) is -14.7. The van der Waals surface area contributed by atoms with Gasteiger partial charge in [-0.2, -0.15) is 26.3 Å². The van der Waals surface area contributed by atoms with Gasteiger partial charge in [-0.25, -0.2) is 9.59 Å². The maximum atomic E-state index is 13.7. The molecule has 2 amide bonds. The Labute approximate surface area is 242 Å². The normalized spacial score (nSPS) is 22.5. The number of carbonyl (C=O) groups excluding carboxylic acids is 2. The maximum absolute atomic E-state index is 13.7. The SMILES string of the molecule is C[C@@H](OC[C@]1(c2ccccc2)C[C@H]2OC(=O)NC2N1C(=O)OCc1ccccc1)c1cc(C(F)(F)F)cc(C(F)(F)F)c1. The number of hydrogen-bond donors (Lipinski definition) is 1. The summed E-state index contributed by atoms with van der Waals surface area (Å²) in [6, 6.07) is 18.6. The molecule has 5 rings (SSSR count). The Morgan fingerprint density at radius 1 is 0.977 bits per heavy atom. The summed E-state index contributed by atoms with van der Waals surface area (Å²) in [5, 5.41) is 2.60. The third-order valence-electron chi connectivity index (χ3n) is 7.52. The molecule has 0 aliphatic carbocycles. The first-order valence-electron chi connectivity index (χ1n) is 13.2. The lowest BCUT2D eigenvalue weighted by atomic mass is 9.87. The standard InChI is InChI=1S/C30H26F6N2O5/c1-18(20-12-22(29(31,32)33)14-23(13-20)30(34,35)36)42-17-28(21-10-6-3-7-11-21)15-24-25(37-26(39)43-24)38(28)27(40)41-16-19-8-4-2-5-9-19/h2-14,18,24-25H,15-17H2,1H3,(H,37,39)/t18-,24-,25?,28+/m1/s1. The van der Waals surface area contributed by atoms with E-state index >= 15 is 0 Å². The third kappa shape index (κ3) is 6.26. The van der Waals surface area contributed by atoms with Gasteiger partial charge in [-0.3, -0.25) is 10.2 Å². The molecule has 1 N–H and O–H groups in total. The zero-order valence-electron chi connectivity index (χ0n) is 22.6. The van der Waals surface area contributed by atoms with Crippen LogP contribution in [0, 0.1) is 0 Å². The monoisotopic (exact) mass is 608 g/mol. The number of nitrogens with one attached hydrogen (secondary N) is 1. The van der Waals surface area contributed by atoms with Crippen molar-refractivity contribution in [2.24, 2.45) is 0 Å². The molecule has 0 bridgehead atoms. The molecule has 2 aliphatic heterocycles. The van der Waals surface area contributed by atoms with Crippen molar-refractivity contribution in [3.8, 4) is 0 Å². The van der Waals surface area contributed by atoms with Crippen LogP contribution < -0.4 is 5.32 Å². The molecule has 2 saturated heterocycles. The van der Waals surface area contributed by atoms with E-state index in [1.165, 1.54) is 11.8 Å². The van der Waals surface area contributed by atoms with Crippen molar-refractivity contribution in [1.29, 1.82) is 0 Å². The maximum Gasteiger partial charge on any atom is 0.416 e. The highest BCUT2D eigenvalue weighted by Crippen LogP contribution is 2.46. The smallest absolute Gasteiger partial charge is 0.416 e. The number of hydrogen-bond acceptors (Lipinski definition) is 5. The second-order valence-electron chi connectivity index (χ2n) is 10.3. The van der Waals surface area contributed by atoms with Crippen LogP contribution in [0.15, 0.2) is 78.9 Å². The number of nitrogens with zero attached hydrogens (tertiary/aromatic N) is 1. The Kier molecular flexibility index (Phi) is 8.03. The van der Waals surface area contributed by atoms with Crippen LogP contribution in [-0.2, 0) is 38.7 Å². The van der Waals surface area contributed by atoms with E-state index in [1.807, 2.05) is 0 Å². The Hall–Kier alpha value is -4.26. The zero-order valence-corrected chi connectivity index (χ0v) is 22.6. The number of ether oxygens (including phenoxy) is 3. The number of rotatable bonds is 7. The number of halogens is 6. The molecule has 13 heteroatoms. The molecule has 1 unspecified atom stereocenters. The van der Waals surface area contributed by atoms with Crippen LogP contribution in [0.25, 0.3) is 0 Å². The molecule has 3 aromatic carbocycles. The summed E-state index contributed by atoms with van der Waals surface area (Å²) < 4.78 is 98.0.